The molecule has 0 saturated carbocycles. The van der Waals surface area contributed by atoms with Crippen molar-refractivity contribution in [2.75, 3.05) is 0 Å². The second-order valence-corrected chi connectivity index (χ2v) is 1.72. The molecule has 0 aromatic heterocycles. The number of halogens is 1. The third kappa shape index (κ3) is 5.37. The van der Waals surface area contributed by atoms with Crippen LogP contribution in [0.1, 0.15) is 19.8 Å². The molecule has 0 aromatic carbocycles. The minimum Gasteiger partial charge on any atom is -0.366 e. The van der Waals surface area contributed by atoms with Crippen LogP contribution in [-0.4, -0.2) is 5.91 Å². The smallest absolute Gasteiger partial charge is 0.244 e. The molecular formula is C6H12ClNO. The van der Waals surface area contributed by atoms with E-state index < -0.39 is 0 Å². The highest BCUT2D eigenvalue weighted by molar-refractivity contribution is 5.91. The van der Waals surface area contributed by atoms with Gasteiger partial charge in [-0.15, -0.1) is 12.4 Å². The zero-order chi connectivity index (χ0) is 6.57. The van der Waals surface area contributed by atoms with Crippen LogP contribution in [0.25, 0.3) is 0 Å². The summed E-state index contributed by atoms with van der Waals surface area (Å²) in [6, 6.07) is 0. The largest absolute Gasteiger partial charge is 0.366 e. The Balaban J connectivity index is 0. The fourth-order valence-corrected chi connectivity index (χ4v) is 0.425. The first-order chi connectivity index (χ1) is 3.68. The van der Waals surface area contributed by atoms with Crippen molar-refractivity contribution >= 4 is 18.3 Å². The van der Waals surface area contributed by atoms with Crippen molar-refractivity contribution < 1.29 is 4.79 Å². The Hall–Kier alpha value is -0.500. The lowest BCUT2D eigenvalue weighted by Gasteiger charge is -1.93. The molecule has 0 aromatic rings. The van der Waals surface area contributed by atoms with Crippen LogP contribution in [0.2, 0.25) is 0 Å². The van der Waals surface area contributed by atoms with E-state index in [4.69, 9.17) is 5.73 Å². The normalized spacial score (nSPS) is 7.67. The fraction of sp³-hybridized carbons (Fsp3) is 0.500. The third-order valence-electron chi connectivity index (χ3n) is 0.900. The van der Waals surface area contributed by atoms with Gasteiger partial charge < -0.3 is 5.73 Å². The number of rotatable bonds is 3. The summed E-state index contributed by atoms with van der Waals surface area (Å²) < 4.78 is 0. The summed E-state index contributed by atoms with van der Waals surface area (Å²) in [5.74, 6) is -0.383. The van der Waals surface area contributed by atoms with E-state index >= 15 is 0 Å². The highest BCUT2D eigenvalue weighted by Gasteiger charge is 1.96. The van der Waals surface area contributed by atoms with E-state index in [-0.39, 0.29) is 18.3 Å². The number of nitrogens with two attached hydrogens (primary N) is 1. The molecule has 0 atom stereocenters. The van der Waals surface area contributed by atoms with Crippen LogP contribution in [-0.2, 0) is 4.79 Å². The van der Waals surface area contributed by atoms with E-state index in [9.17, 15) is 4.79 Å². The summed E-state index contributed by atoms with van der Waals surface area (Å²) in [7, 11) is 0. The Bertz CT molecular complexity index is 112. The van der Waals surface area contributed by atoms with Crippen LogP contribution in [0.5, 0.6) is 0 Å². The van der Waals surface area contributed by atoms with Gasteiger partial charge in [-0.3, -0.25) is 4.79 Å². The third-order valence-corrected chi connectivity index (χ3v) is 0.900. The van der Waals surface area contributed by atoms with Crippen molar-refractivity contribution in [2.24, 2.45) is 5.73 Å². The van der Waals surface area contributed by atoms with Gasteiger partial charge in [0.05, 0.1) is 0 Å². The first-order valence-corrected chi connectivity index (χ1v) is 2.66. The van der Waals surface area contributed by atoms with E-state index in [0.29, 0.717) is 5.57 Å². The van der Waals surface area contributed by atoms with Gasteiger partial charge in [-0.2, -0.15) is 0 Å². The van der Waals surface area contributed by atoms with Crippen LogP contribution in [0.15, 0.2) is 12.2 Å². The van der Waals surface area contributed by atoms with E-state index in [1.165, 1.54) is 0 Å². The number of amides is 1. The van der Waals surface area contributed by atoms with Crippen molar-refractivity contribution in [3.8, 4) is 0 Å². The highest BCUT2D eigenvalue weighted by atomic mass is 35.5. The average Bonchev–Trinajstić information content (AvgIpc) is 1.67. The van der Waals surface area contributed by atoms with Crippen molar-refractivity contribution in [2.45, 2.75) is 19.8 Å². The Morgan fingerprint density at radius 3 is 2.22 bits per heavy atom. The summed E-state index contributed by atoms with van der Waals surface area (Å²) in [5.41, 5.74) is 5.40. The second kappa shape index (κ2) is 5.63. The lowest BCUT2D eigenvalue weighted by atomic mass is 10.2. The van der Waals surface area contributed by atoms with Gasteiger partial charge in [0.15, 0.2) is 0 Å². The number of hydrogen-bond acceptors (Lipinski definition) is 1. The standard InChI is InChI=1S/C6H11NO.ClH/c1-3-4-5(2)6(7)8;/h2-4H2,1H3,(H2,7,8);1H. The maximum atomic E-state index is 10.2. The molecule has 2 nitrogen and oxygen atoms in total. The number of hydrogen-bond donors (Lipinski definition) is 1. The van der Waals surface area contributed by atoms with Gasteiger partial charge in [-0.25, -0.2) is 0 Å². The van der Waals surface area contributed by atoms with E-state index in [1.807, 2.05) is 6.92 Å². The molecule has 0 aliphatic carbocycles. The molecule has 0 saturated heterocycles. The maximum Gasteiger partial charge on any atom is 0.244 e. The topological polar surface area (TPSA) is 43.1 Å². The predicted octanol–water partition coefficient (Wildman–Crippen LogP) is 1.25. The number of carbonyl (C=O) groups excluding carboxylic acids is 1. The molecule has 3 heteroatoms. The van der Waals surface area contributed by atoms with Gasteiger partial charge in [0.2, 0.25) is 5.91 Å². The molecule has 54 valence electrons. The van der Waals surface area contributed by atoms with Gasteiger partial charge in [-0.05, 0) is 6.42 Å². The molecule has 0 spiro atoms. The minimum absolute atomic E-state index is 0. The zero-order valence-corrected chi connectivity index (χ0v) is 6.33. The van der Waals surface area contributed by atoms with Gasteiger partial charge in [0, 0.05) is 5.57 Å². The average molecular weight is 150 g/mol. The van der Waals surface area contributed by atoms with Gasteiger partial charge >= 0.3 is 0 Å². The highest BCUT2D eigenvalue weighted by Crippen LogP contribution is 1.98. The van der Waals surface area contributed by atoms with Gasteiger partial charge in [0.1, 0.15) is 0 Å². The molecule has 9 heavy (non-hydrogen) atoms. The monoisotopic (exact) mass is 149 g/mol. The van der Waals surface area contributed by atoms with Crippen molar-refractivity contribution in [3.63, 3.8) is 0 Å². The van der Waals surface area contributed by atoms with Crippen LogP contribution < -0.4 is 5.73 Å². The van der Waals surface area contributed by atoms with Crippen LogP contribution in [0.4, 0.5) is 0 Å². The second-order valence-electron chi connectivity index (χ2n) is 1.72. The number of carbonyl (C=O) groups is 1. The van der Waals surface area contributed by atoms with Crippen molar-refractivity contribution in [1.29, 1.82) is 0 Å². The summed E-state index contributed by atoms with van der Waals surface area (Å²) in [6.45, 7) is 5.45. The number of primary amides is 1. The minimum atomic E-state index is -0.383. The molecular weight excluding hydrogens is 138 g/mol. The Labute approximate surface area is 61.5 Å². The Morgan fingerprint density at radius 1 is 1.67 bits per heavy atom. The summed E-state index contributed by atoms with van der Waals surface area (Å²) in [5, 5.41) is 0. The quantitative estimate of drug-likeness (QED) is 0.603. The molecule has 0 bridgehead atoms. The molecule has 0 radical (unpaired) electrons. The van der Waals surface area contributed by atoms with Crippen LogP contribution in [0, 0.1) is 0 Å². The Morgan fingerprint density at radius 2 is 2.11 bits per heavy atom. The van der Waals surface area contributed by atoms with E-state index in [1.54, 1.807) is 0 Å². The van der Waals surface area contributed by atoms with E-state index in [2.05, 4.69) is 6.58 Å². The predicted molar refractivity (Wildman–Crippen MR) is 40.5 cm³/mol. The van der Waals surface area contributed by atoms with Gasteiger partial charge in [0.25, 0.3) is 0 Å². The SMILES string of the molecule is C=C(CCC)C(N)=O.Cl. The first kappa shape index (κ1) is 11.3. The Kier molecular flexibility index (Phi) is 7.08. The maximum absolute atomic E-state index is 10.2. The van der Waals surface area contributed by atoms with Crippen LogP contribution >= 0.6 is 12.4 Å². The lowest BCUT2D eigenvalue weighted by Crippen LogP contribution is -2.12. The molecule has 0 aliphatic heterocycles. The summed E-state index contributed by atoms with van der Waals surface area (Å²) in [4.78, 5) is 10.2. The first-order valence-electron chi connectivity index (χ1n) is 2.66. The molecule has 0 rings (SSSR count). The van der Waals surface area contributed by atoms with Gasteiger partial charge in [-0.1, -0.05) is 19.9 Å². The fourth-order valence-electron chi connectivity index (χ4n) is 0.425. The molecule has 0 fully saturated rings. The molecule has 0 aliphatic rings. The zero-order valence-electron chi connectivity index (χ0n) is 5.52. The van der Waals surface area contributed by atoms with Crippen molar-refractivity contribution in [3.05, 3.63) is 12.2 Å². The lowest BCUT2D eigenvalue weighted by molar-refractivity contribution is -0.114. The molecule has 2 N–H and O–H groups in total. The van der Waals surface area contributed by atoms with E-state index in [0.717, 1.165) is 12.8 Å². The van der Waals surface area contributed by atoms with Crippen molar-refractivity contribution in [1.82, 2.24) is 0 Å². The molecule has 0 heterocycles. The van der Waals surface area contributed by atoms with Crippen LogP contribution in [0.3, 0.4) is 0 Å². The molecule has 0 unspecified atom stereocenters. The summed E-state index contributed by atoms with van der Waals surface area (Å²) >= 11 is 0. The molecule has 1 amide bonds. The summed E-state index contributed by atoms with van der Waals surface area (Å²) in [6.07, 6.45) is 1.65.